The Balaban J connectivity index is 1.55. The van der Waals surface area contributed by atoms with Crippen molar-refractivity contribution in [3.63, 3.8) is 0 Å². The van der Waals surface area contributed by atoms with Crippen molar-refractivity contribution in [2.24, 2.45) is 51.8 Å². The van der Waals surface area contributed by atoms with Crippen LogP contribution in [-0.2, 0) is 19.1 Å². The molecule has 0 saturated heterocycles. The van der Waals surface area contributed by atoms with Gasteiger partial charge in [0.2, 0.25) is 0 Å². The second kappa shape index (κ2) is 10.2. The fraction of sp³-hybridized carbons (Fsp3) is 0.933. The highest BCUT2D eigenvalue weighted by atomic mass is 16.6. The van der Waals surface area contributed by atoms with E-state index in [2.05, 4.69) is 27.7 Å². The standard InChI is InChI=1S/C30H50O6/c1-7-35-26(33)21(27(34)36-8-2)15-18(3)22-9-10-23-20-12-13-28(4)17-19(31)11-14-29(28,5)24(20)16-25(32)30(22,23)6/h18-25,31-32H,7-17H2,1-6H3/t18-,19-,20?,22-,23?,24?,25+,28-,29-,30-/m1/s1. The number of fused-ring (bicyclic) bond motifs is 5. The third kappa shape index (κ3) is 4.32. The molecule has 0 spiro atoms. The average Bonchev–Trinajstić information content (AvgIpc) is 3.18. The van der Waals surface area contributed by atoms with Gasteiger partial charge in [-0.3, -0.25) is 9.59 Å². The van der Waals surface area contributed by atoms with Crippen molar-refractivity contribution < 1.29 is 29.3 Å². The van der Waals surface area contributed by atoms with E-state index >= 15 is 0 Å². The predicted octanol–water partition coefficient (Wildman–Crippen LogP) is 5.14. The number of hydrogen-bond donors (Lipinski definition) is 2. The van der Waals surface area contributed by atoms with Crippen LogP contribution in [0.25, 0.3) is 0 Å². The zero-order valence-corrected chi connectivity index (χ0v) is 23.4. The summed E-state index contributed by atoms with van der Waals surface area (Å²) in [6.07, 6.45) is 7.88. The van der Waals surface area contributed by atoms with Crippen LogP contribution in [0.3, 0.4) is 0 Å². The van der Waals surface area contributed by atoms with Crippen LogP contribution in [0.15, 0.2) is 0 Å². The summed E-state index contributed by atoms with van der Waals surface area (Å²) in [6.45, 7) is 13.3. The first kappa shape index (κ1) is 27.9. The van der Waals surface area contributed by atoms with E-state index < -0.39 is 24.0 Å². The Morgan fingerprint density at radius 1 is 0.917 bits per heavy atom. The lowest BCUT2D eigenvalue weighted by molar-refractivity contribution is -0.202. The fourth-order valence-corrected chi connectivity index (χ4v) is 9.85. The number of ether oxygens (including phenoxy) is 2. The molecule has 0 aromatic heterocycles. The van der Waals surface area contributed by atoms with Gasteiger partial charge in [0.15, 0.2) is 5.92 Å². The summed E-state index contributed by atoms with van der Waals surface area (Å²) in [6, 6.07) is 0. The summed E-state index contributed by atoms with van der Waals surface area (Å²) in [5, 5.41) is 22.3. The molecule has 206 valence electrons. The van der Waals surface area contributed by atoms with E-state index in [-0.39, 0.29) is 47.4 Å². The summed E-state index contributed by atoms with van der Waals surface area (Å²) in [5.74, 6) is -0.0167. The molecule has 0 aliphatic heterocycles. The number of esters is 2. The zero-order chi connectivity index (χ0) is 26.5. The quantitative estimate of drug-likeness (QED) is 0.367. The third-order valence-electron chi connectivity index (χ3n) is 12.0. The molecule has 0 amide bonds. The van der Waals surface area contributed by atoms with Crippen LogP contribution in [0.5, 0.6) is 0 Å². The van der Waals surface area contributed by atoms with E-state index in [4.69, 9.17) is 9.47 Å². The largest absolute Gasteiger partial charge is 0.465 e. The summed E-state index contributed by atoms with van der Waals surface area (Å²) in [7, 11) is 0. The molecule has 0 bridgehead atoms. The Kier molecular flexibility index (Phi) is 7.90. The number of carbonyl (C=O) groups excluding carboxylic acids is 2. The molecule has 4 saturated carbocycles. The summed E-state index contributed by atoms with van der Waals surface area (Å²) in [4.78, 5) is 25.3. The minimum absolute atomic E-state index is 0.0966. The molecule has 0 aromatic carbocycles. The highest BCUT2D eigenvalue weighted by Gasteiger charge is 2.66. The van der Waals surface area contributed by atoms with Gasteiger partial charge in [-0.15, -0.1) is 0 Å². The minimum atomic E-state index is -0.904. The van der Waals surface area contributed by atoms with Gasteiger partial charge in [0, 0.05) is 0 Å². The Morgan fingerprint density at radius 2 is 1.56 bits per heavy atom. The Morgan fingerprint density at radius 3 is 2.17 bits per heavy atom. The van der Waals surface area contributed by atoms with Gasteiger partial charge in [-0.1, -0.05) is 27.7 Å². The molecule has 0 radical (unpaired) electrons. The molecule has 36 heavy (non-hydrogen) atoms. The monoisotopic (exact) mass is 506 g/mol. The lowest BCUT2D eigenvalue weighted by Crippen LogP contribution is -2.61. The van der Waals surface area contributed by atoms with Gasteiger partial charge >= 0.3 is 11.9 Å². The number of aliphatic hydroxyl groups is 2. The van der Waals surface area contributed by atoms with Crippen LogP contribution in [0.4, 0.5) is 0 Å². The van der Waals surface area contributed by atoms with E-state index in [0.29, 0.717) is 24.2 Å². The average molecular weight is 507 g/mol. The molecular formula is C30H50O6. The van der Waals surface area contributed by atoms with E-state index in [9.17, 15) is 19.8 Å². The van der Waals surface area contributed by atoms with Crippen LogP contribution in [0, 0.1) is 51.8 Å². The number of carbonyl (C=O) groups is 2. The van der Waals surface area contributed by atoms with Gasteiger partial charge < -0.3 is 19.7 Å². The summed E-state index contributed by atoms with van der Waals surface area (Å²) < 4.78 is 10.5. The van der Waals surface area contributed by atoms with Gasteiger partial charge in [-0.2, -0.15) is 0 Å². The van der Waals surface area contributed by atoms with Crippen LogP contribution in [0.2, 0.25) is 0 Å². The van der Waals surface area contributed by atoms with Crippen LogP contribution < -0.4 is 0 Å². The lowest BCUT2D eigenvalue weighted by atomic mass is 9.39. The van der Waals surface area contributed by atoms with Crippen LogP contribution >= 0.6 is 0 Å². The molecule has 6 heteroatoms. The maximum atomic E-state index is 12.7. The minimum Gasteiger partial charge on any atom is -0.465 e. The summed E-state index contributed by atoms with van der Waals surface area (Å²) in [5.41, 5.74) is 0.0733. The van der Waals surface area contributed by atoms with Gasteiger partial charge in [0.1, 0.15) is 0 Å². The van der Waals surface area contributed by atoms with E-state index in [1.807, 2.05) is 0 Å². The Bertz CT molecular complexity index is 810. The van der Waals surface area contributed by atoms with Crippen molar-refractivity contribution in [2.75, 3.05) is 13.2 Å². The number of rotatable bonds is 7. The topological polar surface area (TPSA) is 93.1 Å². The normalized spacial score (nSPS) is 44.8. The van der Waals surface area contributed by atoms with Crippen molar-refractivity contribution in [1.82, 2.24) is 0 Å². The molecule has 3 unspecified atom stereocenters. The van der Waals surface area contributed by atoms with Crippen molar-refractivity contribution in [3.05, 3.63) is 0 Å². The van der Waals surface area contributed by atoms with Crippen LogP contribution in [0.1, 0.15) is 99.3 Å². The highest BCUT2D eigenvalue weighted by molar-refractivity contribution is 5.94. The first-order valence-electron chi connectivity index (χ1n) is 14.6. The third-order valence-corrected chi connectivity index (χ3v) is 12.0. The van der Waals surface area contributed by atoms with Crippen molar-refractivity contribution in [2.45, 2.75) is 112 Å². The molecule has 4 rings (SSSR count). The number of hydrogen-bond acceptors (Lipinski definition) is 6. The molecule has 4 fully saturated rings. The predicted molar refractivity (Wildman–Crippen MR) is 138 cm³/mol. The van der Waals surface area contributed by atoms with Gasteiger partial charge in [-0.05, 0) is 117 Å². The zero-order valence-electron chi connectivity index (χ0n) is 23.4. The lowest BCUT2D eigenvalue weighted by Gasteiger charge is -2.66. The number of aliphatic hydroxyl groups excluding tert-OH is 2. The molecule has 4 aliphatic carbocycles. The van der Waals surface area contributed by atoms with Crippen LogP contribution in [-0.4, -0.2) is 47.6 Å². The van der Waals surface area contributed by atoms with Crippen molar-refractivity contribution in [3.8, 4) is 0 Å². The van der Waals surface area contributed by atoms with Gasteiger partial charge in [-0.25, -0.2) is 0 Å². The Hall–Kier alpha value is -1.14. The molecule has 4 aliphatic rings. The first-order chi connectivity index (χ1) is 16.9. The van der Waals surface area contributed by atoms with E-state index in [1.165, 1.54) is 6.42 Å². The van der Waals surface area contributed by atoms with Gasteiger partial charge in [0.05, 0.1) is 25.4 Å². The summed E-state index contributed by atoms with van der Waals surface area (Å²) >= 11 is 0. The molecule has 6 nitrogen and oxygen atoms in total. The van der Waals surface area contributed by atoms with Gasteiger partial charge in [0.25, 0.3) is 0 Å². The molecule has 2 N–H and O–H groups in total. The second-order valence-corrected chi connectivity index (χ2v) is 13.4. The molecular weight excluding hydrogens is 456 g/mol. The van der Waals surface area contributed by atoms with Crippen molar-refractivity contribution >= 4 is 11.9 Å². The van der Waals surface area contributed by atoms with E-state index in [1.54, 1.807) is 13.8 Å². The van der Waals surface area contributed by atoms with E-state index in [0.717, 1.165) is 44.9 Å². The smallest absolute Gasteiger partial charge is 0.320 e. The first-order valence-corrected chi connectivity index (χ1v) is 14.6. The maximum absolute atomic E-state index is 12.7. The second-order valence-electron chi connectivity index (χ2n) is 13.4. The highest BCUT2D eigenvalue weighted by Crippen LogP contribution is 2.71. The maximum Gasteiger partial charge on any atom is 0.320 e. The SMILES string of the molecule is CCOC(=O)C(C[C@@H](C)[C@H]1CCC2C3CC[C@]4(C)C[C@H](O)CC[C@]4(C)C3C[C@H](O)[C@@]21C)C(=O)OCC. The molecule has 0 heterocycles. The molecule has 0 aromatic rings. The molecule has 10 atom stereocenters. The fourth-order valence-electron chi connectivity index (χ4n) is 9.85. The van der Waals surface area contributed by atoms with Crippen molar-refractivity contribution in [1.29, 1.82) is 0 Å². The Labute approximate surface area is 217 Å².